The van der Waals surface area contributed by atoms with Crippen molar-refractivity contribution in [1.29, 1.82) is 0 Å². The van der Waals surface area contributed by atoms with Gasteiger partial charge in [-0.25, -0.2) is 9.97 Å². The summed E-state index contributed by atoms with van der Waals surface area (Å²) in [7, 11) is 1.89. The van der Waals surface area contributed by atoms with Gasteiger partial charge in [0.25, 0.3) is 0 Å². The first-order valence-corrected chi connectivity index (χ1v) is 8.70. The van der Waals surface area contributed by atoms with Crippen LogP contribution in [-0.4, -0.2) is 38.4 Å². The van der Waals surface area contributed by atoms with E-state index in [2.05, 4.69) is 10.4 Å². The summed E-state index contributed by atoms with van der Waals surface area (Å²) in [5.74, 6) is 1.86. The van der Waals surface area contributed by atoms with Crippen molar-refractivity contribution in [1.82, 2.24) is 19.7 Å². The van der Waals surface area contributed by atoms with Gasteiger partial charge in [0, 0.05) is 19.0 Å². The second kappa shape index (κ2) is 7.15. The molecule has 0 aromatic carbocycles. The van der Waals surface area contributed by atoms with E-state index >= 15 is 0 Å². The number of fused-ring (bicyclic) bond motifs is 1. The number of hydrogen-bond donors (Lipinski definition) is 1. The first-order valence-electron chi connectivity index (χ1n) is 8.70. The van der Waals surface area contributed by atoms with Gasteiger partial charge in [-0.15, -0.1) is 0 Å². The lowest BCUT2D eigenvalue weighted by atomic mass is 10.1. The van der Waals surface area contributed by atoms with Crippen LogP contribution >= 0.6 is 0 Å². The molecule has 1 fully saturated rings. The van der Waals surface area contributed by atoms with Crippen LogP contribution in [0.2, 0.25) is 0 Å². The largest absolute Gasteiger partial charge is 0.466 e. The average molecular weight is 331 g/mol. The van der Waals surface area contributed by atoms with E-state index in [9.17, 15) is 4.79 Å². The molecule has 2 heterocycles. The quantitative estimate of drug-likeness (QED) is 0.820. The monoisotopic (exact) mass is 331 g/mol. The molecule has 3 rings (SSSR count). The van der Waals surface area contributed by atoms with Crippen LogP contribution in [0, 0.1) is 0 Å². The van der Waals surface area contributed by atoms with Crippen LogP contribution < -0.4 is 5.32 Å². The third-order valence-corrected chi connectivity index (χ3v) is 4.49. The van der Waals surface area contributed by atoms with Gasteiger partial charge in [-0.3, -0.25) is 9.48 Å². The van der Waals surface area contributed by atoms with E-state index in [-0.39, 0.29) is 12.0 Å². The van der Waals surface area contributed by atoms with Gasteiger partial charge in [-0.05, 0) is 26.7 Å². The maximum atomic E-state index is 11.7. The van der Waals surface area contributed by atoms with Crippen molar-refractivity contribution in [3.63, 3.8) is 0 Å². The topological polar surface area (TPSA) is 81.9 Å². The number of aryl methyl sites for hydroxylation is 1. The van der Waals surface area contributed by atoms with Crippen molar-refractivity contribution in [3.8, 4) is 0 Å². The van der Waals surface area contributed by atoms with Crippen LogP contribution in [0.25, 0.3) is 11.0 Å². The van der Waals surface area contributed by atoms with Crippen LogP contribution in [0.5, 0.6) is 0 Å². The Labute approximate surface area is 141 Å². The summed E-state index contributed by atoms with van der Waals surface area (Å²) in [4.78, 5) is 21.2. The van der Waals surface area contributed by atoms with E-state index in [1.807, 2.05) is 20.9 Å². The zero-order valence-corrected chi connectivity index (χ0v) is 14.6. The van der Waals surface area contributed by atoms with Crippen molar-refractivity contribution in [2.75, 3.05) is 11.9 Å². The minimum absolute atomic E-state index is 0.0706. The van der Waals surface area contributed by atoms with Gasteiger partial charge >= 0.3 is 5.97 Å². The van der Waals surface area contributed by atoms with E-state index < -0.39 is 0 Å². The van der Waals surface area contributed by atoms with Crippen LogP contribution in [-0.2, 0) is 16.6 Å². The summed E-state index contributed by atoms with van der Waals surface area (Å²) in [5, 5.41) is 8.53. The molecular weight excluding hydrogens is 306 g/mol. The molecule has 130 valence electrons. The number of nitrogens with one attached hydrogen (secondary N) is 1. The Morgan fingerprint density at radius 2 is 2.17 bits per heavy atom. The molecule has 2 aromatic rings. The third-order valence-electron chi connectivity index (χ3n) is 4.49. The molecule has 0 radical (unpaired) electrons. The minimum Gasteiger partial charge on any atom is -0.466 e. The molecule has 7 nitrogen and oxygen atoms in total. The number of nitrogens with zero attached hydrogens (tertiary/aromatic N) is 4. The first kappa shape index (κ1) is 16.7. The zero-order chi connectivity index (χ0) is 17.1. The van der Waals surface area contributed by atoms with Gasteiger partial charge in [0.05, 0.1) is 24.6 Å². The van der Waals surface area contributed by atoms with Gasteiger partial charge < -0.3 is 10.1 Å². The van der Waals surface area contributed by atoms with Gasteiger partial charge in [0.2, 0.25) is 0 Å². The lowest BCUT2D eigenvalue weighted by Gasteiger charge is -2.16. The molecule has 1 aliphatic carbocycles. The van der Waals surface area contributed by atoms with Gasteiger partial charge in [0.1, 0.15) is 11.6 Å². The van der Waals surface area contributed by atoms with Crippen molar-refractivity contribution in [2.24, 2.45) is 7.05 Å². The molecule has 24 heavy (non-hydrogen) atoms. The summed E-state index contributed by atoms with van der Waals surface area (Å²) in [6, 6.07) is -0.0706. The van der Waals surface area contributed by atoms with Crippen LogP contribution in [0.4, 0.5) is 5.82 Å². The van der Waals surface area contributed by atoms with Crippen molar-refractivity contribution < 1.29 is 9.53 Å². The molecular formula is C17H25N5O2. The molecule has 7 heteroatoms. The number of anilines is 1. The summed E-state index contributed by atoms with van der Waals surface area (Å²) in [5.41, 5.74) is 0.831. The highest BCUT2D eigenvalue weighted by atomic mass is 16.5. The number of aromatic nitrogens is 4. The van der Waals surface area contributed by atoms with E-state index in [1.54, 1.807) is 10.9 Å². The number of carbonyl (C=O) groups excluding carboxylic acids is 1. The molecule has 2 aromatic heterocycles. The highest BCUT2D eigenvalue weighted by molar-refractivity contribution is 5.86. The molecule has 0 aliphatic heterocycles. The molecule has 1 aliphatic rings. The third kappa shape index (κ3) is 3.49. The zero-order valence-electron chi connectivity index (χ0n) is 14.6. The smallest absolute Gasteiger partial charge is 0.307 e. The molecule has 1 atom stereocenters. The van der Waals surface area contributed by atoms with E-state index in [0.717, 1.165) is 35.5 Å². The first-order chi connectivity index (χ1) is 11.6. The van der Waals surface area contributed by atoms with Crippen molar-refractivity contribution in [3.05, 3.63) is 12.0 Å². The van der Waals surface area contributed by atoms with Crippen LogP contribution in [0.15, 0.2) is 6.20 Å². The van der Waals surface area contributed by atoms with Gasteiger partial charge in [-0.1, -0.05) is 12.8 Å². The number of carbonyl (C=O) groups is 1. The van der Waals surface area contributed by atoms with Gasteiger partial charge in [0.15, 0.2) is 5.65 Å². The summed E-state index contributed by atoms with van der Waals surface area (Å²) < 4.78 is 6.79. The number of rotatable bonds is 6. The summed E-state index contributed by atoms with van der Waals surface area (Å²) in [6.45, 7) is 4.17. The number of esters is 1. The molecule has 0 bridgehead atoms. The average Bonchev–Trinajstić information content (AvgIpc) is 3.18. The van der Waals surface area contributed by atoms with E-state index in [4.69, 9.17) is 14.7 Å². The normalized spacial score (nSPS) is 16.5. The molecule has 0 spiro atoms. The van der Waals surface area contributed by atoms with Crippen LogP contribution in [0.3, 0.4) is 0 Å². The molecule has 0 amide bonds. The highest BCUT2D eigenvalue weighted by Crippen LogP contribution is 2.34. The maximum Gasteiger partial charge on any atom is 0.307 e. The standard InChI is InChI=1S/C17H25N5O2/c1-4-24-14(23)9-11(2)19-16-13-10-18-22(3)17(13)21-15(20-16)12-7-5-6-8-12/h10-12H,4-9H2,1-3H3,(H,19,20,21)/t11-/m1/s1. The maximum absolute atomic E-state index is 11.7. The molecule has 1 N–H and O–H groups in total. The van der Waals surface area contributed by atoms with Crippen molar-refractivity contribution >= 4 is 22.8 Å². The fraction of sp³-hybridized carbons (Fsp3) is 0.647. The Kier molecular flexibility index (Phi) is 4.97. The predicted octanol–water partition coefficient (Wildman–Crippen LogP) is 2.77. The lowest BCUT2D eigenvalue weighted by molar-refractivity contribution is -0.143. The second-order valence-electron chi connectivity index (χ2n) is 6.47. The fourth-order valence-corrected chi connectivity index (χ4v) is 3.27. The lowest BCUT2D eigenvalue weighted by Crippen LogP contribution is -2.22. The summed E-state index contributed by atoms with van der Waals surface area (Å²) >= 11 is 0. The SMILES string of the molecule is CCOC(=O)C[C@@H](C)Nc1nc(C2CCCC2)nc2c1cnn2C. The van der Waals surface area contributed by atoms with Crippen molar-refractivity contribution in [2.45, 2.75) is 57.9 Å². The molecule has 0 unspecified atom stereocenters. The second-order valence-corrected chi connectivity index (χ2v) is 6.47. The number of hydrogen-bond acceptors (Lipinski definition) is 6. The summed E-state index contributed by atoms with van der Waals surface area (Å²) in [6.07, 6.45) is 6.83. The Bertz CT molecular complexity index is 721. The minimum atomic E-state index is -0.204. The van der Waals surface area contributed by atoms with Crippen LogP contribution in [0.1, 0.15) is 57.7 Å². The predicted molar refractivity (Wildman–Crippen MR) is 91.8 cm³/mol. The number of ether oxygens (including phenoxy) is 1. The van der Waals surface area contributed by atoms with Gasteiger partial charge in [-0.2, -0.15) is 5.10 Å². The molecule has 0 saturated heterocycles. The Balaban J connectivity index is 1.86. The van der Waals surface area contributed by atoms with E-state index in [0.29, 0.717) is 18.9 Å². The highest BCUT2D eigenvalue weighted by Gasteiger charge is 2.23. The molecule has 1 saturated carbocycles. The Hall–Kier alpha value is -2.18. The Morgan fingerprint density at radius 3 is 2.88 bits per heavy atom. The fourth-order valence-electron chi connectivity index (χ4n) is 3.27. The van der Waals surface area contributed by atoms with E-state index in [1.165, 1.54) is 12.8 Å². The Morgan fingerprint density at radius 1 is 1.42 bits per heavy atom.